The first kappa shape index (κ1) is 22.6. The van der Waals surface area contributed by atoms with Crippen LogP contribution in [0.5, 0.6) is 0 Å². The number of hydrogen-bond donors (Lipinski definition) is 4. The molecule has 11 nitrogen and oxygen atoms in total. The number of aliphatic hydroxyl groups is 1. The molecule has 0 aromatic heterocycles. The average Bonchev–Trinajstić information content (AvgIpc) is 2.74. The lowest BCUT2D eigenvalue weighted by atomic mass is 10.1. The van der Waals surface area contributed by atoms with Gasteiger partial charge in [0.1, 0.15) is 0 Å². The number of esters is 1. The molecule has 0 spiro atoms. The van der Waals surface area contributed by atoms with Gasteiger partial charge < -0.3 is 15.2 Å². The van der Waals surface area contributed by atoms with E-state index in [4.69, 9.17) is 21.4 Å². The molecule has 2 amide bonds. The number of non-ortho nitro benzene ring substituents is 1. The molecule has 0 bridgehead atoms. The third kappa shape index (κ3) is 6.15. The number of nitro groups is 1. The highest BCUT2D eigenvalue weighted by molar-refractivity contribution is 6.33. The predicted octanol–water partition coefficient (Wildman–Crippen LogP) is 1.27. The monoisotopic (exact) mass is 436 g/mol. The molecule has 0 saturated carbocycles. The largest absolute Gasteiger partial charge is 0.452 e. The zero-order valence-corrected chi connectivity index (χ0v) is 16.1. The quantitative estimate of drug-likeness (QED) is 0.273. The summed E-state index contributed by atoms with van der Waals surface area (Å²) in [6.07, 6.45) is 0. The van der Waals surface area contributed by atoms with E-state index in [0.717, 1.165) is 6.07 Å². The van der Waals surface area contributed by atoms with Crippen molar-refractivity contribution in [2.45, 2.75) is 0 Å². The van der Waals surface area contributed by atoms with Crippen LogP contribution in [0.15, 0.2) is 42.5 Å². The van der Waals surface area contributed by atoms with Crippen molar-refractivity contribution in [1.29, 1.82) is 0 Å². The van der Waals surface area contributed by atoms with Crippen molar-refractivity contribution in [3.8, 4) is 0 Å². The van der Waals surface area contributed by atoms with Gasteiger partial charge in [-0.3, -0.25) is 30.6 Å². The maximum Gasteiger partial charge on any atom is 0.341 e. The topological polar surface area (TPSA) is 160 Å². The number of ether oxygens (including phenoxy) is 1. The highest BCUT2D eigenvalue weighted by Crippen LogP contribution is 2.23. The van der Waals surface area contributed by atoms with Crippen LogP contribution in [0.25, 0.3) is 0 Å². The van der Waals surface area contributed by atoms with Crippen LogP contribution in [0.2, 0.25) is 5.02 Å². The summed E-state index contributed by atoms with van der Waals surface area (Å²) in [5.41, 5.74) is 3.96. The fraction of sp³-hybridized carbons (Fsp3) is 0.167. The molecule has 2 rings (SSSR count). The first-order valence-electron chi connectivity index (χ1n) is 8.47. The van der Waals surface area contributed by atoms with Crippen LogP contribution in [0.4, 0.5) is 11.4 Å². The first-order valence-corrected chi connectivity index (χ1v) is 8.85. The second-order valence-corrected chi connectivity index (χ2v) is 6.10. The van der Waals surface area contributed by atoms with Crippen LogP contribution in [0.1, 0.15) is 20.7 Å². The Morgan fingerprint density at radius 3 is 2.50 bits per heavy atom. The number of amides is 2. The van der Waals surface area contributed by atoms with Crippen molar-refractivity contribution in [1.82, 2.24) is 10.9 Å². The van der Waals surface area contributed by atoms with Crippen LogP contribution in [0, 0.1) is 10.1 Å². The van der Waals surface area contributed by atoms with E-state index in [-0.39, 0.29) is 40.7 Å². The van der Waals surface area contributed by atoms with Gasteiger partial charge in [-0.15, -0.1) is 0 Å². The summed E-state index contributed by atoms with van der Waals surface area (Å²) < 4.78 is 4.85. The molecule has 4 N–H and O–H groups in total. The zero-order valence-electron chi connectivity index (χ0n) is 15.4. The molecule has 0 saturated heterocycles. The van der Waals surface area contributed by atoms with Gasteiger partial charge in [0.05, 0.1) is 27.7 Å². The van der Waals surface area contributed by atoms with Gasteiger partial charge >= 0.3 is 5.97 Å². The summed E-state index contributed by atoms with van der Waals surface area (Å²) in [5.74, 6) is -2.53. The second kappa shape index (κ2) is 10.7. The molecule has 30 heavy (non-hydrogen) atoms. The number of hydrogen-bond acceptors (Lipinski definition) is 8. The molecule has 0 heterocycles. The molecular formula is C18H17ClN4O7. The van der Waals surface area contributed by atoms with Crippen LogP contribution >= 0.6 is 11.6 Å². The van der Waals surface area contributed by atoms with Gasteiger partial charge in [0, 0.05) is 24.4 Å². The lowest BCUT2D eigenvalue weighted by Crippen LogP contribution is -2.43. The number of nitrogens with zero attached hydrogens (tertiary/aromatic N) is 1. The predicted molar refractivity (Wildman–Crippen MR) is 106 cm³/mol. The number of benzene rings is 2. The maximum absolute atomic E-state index is 12.3. The molecule has 0 atom stereocenters. The van der Waals surface area contributed by atoms with E-state index in [1.165, 1.54) is 24.3 Å². The van der Waals surface area contributed by atoms with E-state index >= 15 is 0 Å². The summed E-state index contributed by atoms with van der Waals surface area (Å²) in [4.78, 5) is 46.3. The minimum atomic E-state index is -1.01. The molecule has 0 radical (unpaired) electrons. The molecule has 2 aromatic rings. The van der Waals surface area contributed by atoms with Gasteiger partial charge in [-0.1, -0.05) is 23.7 Å². The van der Waals surface area contributed by atoms with Crippen molar-refractivity contribution in [3.63, 3.8) is 0 Å². The van der Waals surface area contributed by atoms with Crippen LogP contribution in [-0.2, 0) is 9.53 Å². The number of hydrazine groups is 1. The third-order valence-corrected chi connectivity index (χ3v) is 3.96. The van der Waals surface area contributed by atoms with E-state index in [1.54, 1.807) is 12.1 Å². The van der Waals surface area contributed by atoms with Crippen LogP contribution in [-0.4, -0.2) is 47.6 Å². The Labute approximate surface area is 175 Å². The molecule has 158 valence electrons. The van der Waals surface area contributed by atoms with Gasteiger partial charge in [0.15, 0.2) is 6.61 Å². The SMILES string of the molecule is O=C(COC(=O)c1cc([N+](=O)[O-])ccc1NCCO)NNC(=O)c1ccccc1Cl. The summed E-state index contributed by atoms with van der Waals surface area (Å²) in [6, 6.07) is 9.62. The van der Waals surface area contributed by atoms with Crippen molar-refractivity contribution < 1.29 is 29.2 Å². The van der Waals surface area contributed by atoms with Crippen LogP contribution in [0.3, 0.4) is 0 Å². The third-order valence-electron chi connectivity index (χ3n) is 3.63. The fourth-order valence-corrected chi connectivity index (χ4v) is 2.47. The Kier molecular flexibility index (Phi) is 8.08. The molecule has 0 fully saturated rings. The molecule has 0 aliphatic carbocycles. The second-order valence-electron chi connectivity index (χ2n) is 5.70. The molecule has 0 unspecified atom stereocenters. The highest BCUT2D eigenvalue weighted by Gasteiger charge is 2.19. The summed E-state index contributed by atoms with van der Waals surface area (Å²) in [5, 5.41) is 22.7. The van der Waals surface area contributed by atoms with Crippen molar-refractivity contribution in [2.24, 2.45) is 0 Å². The number of anilines is 1. The number of carbonyl (C=O) groups is 3. The number of aliphatic hydroxyl groups excluding tert-OH is 1. The first-order chi connectivity index (χ1) is 14.3. The highest BCUT2D eigenvalue weighted by atomic mass is 35.5. The van der Waals surface area contributed by atoms with Crippen molar-refractivity contribution >= 4 is 40.8 Å². The molecule has 2 aromatic carbocycles. The number of nitrogens with one attached hydrogen (secondary N) is 3. The Morgan fingerprint density at radius 2 is 1.83 bits per heavy atom. The van der Waals surface area contributed by atoms with Gasteiger partial charge in [-0.2, -0.15) is 0 Å². The summed E-state index contributed by atoms with van der Waals surface area (Å²) >= 11 is 5.88. The van der Waals surface area contributed by atoms with Crippen molar-refractivity contribution in [2.75, 3.05) is 25.1 Å². The maximum atomic E-state index is 12.3. The van der Waals surface area contributed by atoms with Gasteiger partial charge in [0.25, 0.3) is 17.5 Å². The summed E-state index contributed by atoms with van der Waals surface area (Å²) in [6.45, 7) is -0.907. The van der Waals surface area contributed by atoms with Gasteiger partial charge in [0.2, 0.25) is 0 Å². The molecule has 0 aliphatic heterocycles. The Hall–Kier alpha value is -3.70. The molecule has 0 aliphatic rings. The minimum absolute atomic E-state index is 0.0899. The Morgan fingerprint density at radius 1 is 1.10 bits per heavy atom. The smallest absolute Gasteiger partial charge is 0.341 e. The van der Waals surface area contributed by atoms with Gasteiger partial charge in [-0.25, -0.2) is 4.79 Å². The van der Waals surface area contributed by atoms with E-state index < -0.39 is 29.3 Å². The number of nitro benzene ring substituents is 1. The van der Waals surface area contributed by atoms with Gasteiger partial charge in [-0.05, 0) is 18.2 Å². The van der Waals surface area contributed by atoms with E-state index in [2.05, 4.69) is 16.2 Å². The van der Waals surface area contributed by atoms with Crippen molar-refractivity contribution in [3.05, 3.63) is 68.7 Å². The molecule has 12 heteroatoms. The Bertz CT molecular complexity index is 967. The van der Waals surface area contributed by atoms with E-state index in [1.807, 2.05) is 0 Å². The summed E-state index contributed by atoms with van der Waals surface area (Å²) in [7, 11) is 0. The number of rotatable bonds is 8. The van der Waals surface area contributed by atoms with Crippen LogP contribution < -0.4 is 16.2 Å². The average molecular weight is 437 g/mol. The number of halogens is 1. The molecular weight excluding hydrogens is 420 g/mol. The minimum Gasteiger partial charge on any atom is -0.452 e. The fourth-order valence-electron chi connectivity index (χ4n) is 2.24. The number of carbonyl (C=O) groups excluding carboxylic acids is 3. The Balaban J connectivity index is 1.96. The standard InChI is InChI=1S/C18H17ClN4O7/c19-14-4-2-1-3-12(14)17(26)22-21-16(25)10-30-18(27)13-9-11(23(28)29)5-6-15(13)20-7-8-24/h1-6,9,20,24H,7-8,10H2,(H,21,25)(H,22,26). The normalized spacial score (nSPS) is 10.1. The van der Waals surface area contributed by atoms with E-state index in [0.29, 0.717) is 0 Å². The van der Waals surface area contributed by atoms with E-state index in [9.17, 15) is 24.5 Å². The lowest BCUT2D eigenvalue weighted by molar-refractivity contribution is -0.384. The lowest BCUT2D eigenvalue weighted by Gasteiger charge is -2.12. The zero-order chi connectivity index (χ0) is 22.1.